The molecule has 15 heavy (non-hydrogen) atoms. The van der Waals surface area contributed by atoms with Crippen molar-refractivity contribution in [1.29, 1.82) is 0 Å². The zero-order valence-corrected chi connectivity index (χ0v) is 10.5. The van der Waals surface area contributed by atoms with Crippen molar-refractivity contribution in [3.8, 4) is 0 Å². The Morgan fingerprint density at radius 2 is 2.33 bits per heavy atom. The second-order valence-corrected chi connectivity index (χ2v) is 5.64. The maximum atomic E-state index is 4.08. The summed E-state index contributed by atoms with van der Waals surface area (Å²) in [7, 11) is 0. The molecular formula is C7H9N5S3. The molecule has 0 saturated heterocycles. The van der Waals surface area contributed by atoms with E-state index in [1.165, 1.54) is 0 Å². The van der Waals surface area contributed by atoms with E-state index < -0.39 is 0 Å². The van der Waals surface area contributed by atoms with Crippen LogP contribution >= 0.6 is 34.4 Å². The van der Waals surface area contributed by atoms with E-state index in [0.717, 1.165) is 26.8 Å². The second kappa shape index (κ2) is 5.38. The molecule has 0 radical (unpaired) electrons. The van der Waals surface area contributed by atoms with Crippen LogP contribution in [0.5, 0.6) is 0 Å². The molecule has 0 amide bonds. The Morgan fingerprint density at radius 3 is 3.07 bits per heavy atom. The van der Waals surface area contributed by atoms with Crippen LogP contribution in [0, 0.1) is 0 Å². The third-order valence-electron chi connectivity index (χ3n) is 1.45. The van der Waals surface area contributed by atoms with Gasteiger partial charge in [0, 0.05) is 6.54 Å². The molecule has 0 aliphatic heterocycles. The number of hydrogen-bond acceptors (Lipinski definition) is 8. The minimum absolute atomic E-state index is 0.804. The fraction of sp³-hybridized carbons (Fsp3) is 0.429. The normalized spacial score (nSPS) is 10.5. The Hall–Kier alpha value is -0.730. The SMILES string of the molecule is CCNc1nnc(CSc2nncs2)s1. The van der Waals surface area contributed by atoms with Gasteiger partial charge < -0.3 is 5.32 Å². The lowest BCUT2D eigenvalue weighted by atomic mass is 10.8. The molecule has 5 nitrogen and oxygen atoms in total. The molecule has 0 aromatic carbocycles. The number of nitrogens with zero attached hydrogens (tertiary/aromatic N) is 4. The van der Waals surface area contributed by atoms with Crippen LogP contribution in [0.3, 0.4) is 0 Å². The Kier molecular flexibility index (Phi) is 3.87. The van der Waals surface area contributed by atoms with E-state index in [0.29, 0.717) is 0 Å². The maximum Gasteiger partial charge on any atom is 0.205 e. The van der Waals surface area contributed by atoms with Gasteiger partial charge in [0.2, 0.25) is 5.13 Å². The van der Waals surface area contributed by atoms with Crippen LogP contribution in [0.4, 0.5) is 5.13 Å². The van der Waals surface area contributed by atoms with Crippen molar-refractivity contribution >= 4 is 39.6 Å². The molecule has 2 aromatic rings. The van der Waals surface area contributed by atoms with Gasteiger partial charge >= 0.3 is 0 Å². The summed E-state index contributed by atoms with van der Waals surface area (Å²) in [6, 6.07) is 0. The monoisotopic (exact) mass is 259 g/mol. The number of thioether (sulfide) groups is 1. The van der Waals surface area contributed by atoms with Crippen molar-refractivity contribution in [2.24, 2.45) is 0 Å². The Balaban J connectivity index is 1.88. The molecule has 0 atom stereocenters. The predicted octanol–water partition coefficient (Wildman–Crippen LogP) is 2.11. The summed E-state index contributed by atoms with van der Waals surface area (Å²) in [5, 5.41) is 20.8. The molecule has 0 fully saturated rings. The van der Waals surface area contributed by atoms with Crippen LogP contribution in [0.15, 0.2) is 9.85 Å². The molecule has 2 rings (SSSR count). The molecule has 0 aliphatic carbocycles. The first-order valence-electron chi connectivity index (χ1n) is 4.33. The summed E-state index contributed by atoms with van der Waals surface area (Å²) in [6.45, 7) is 2.91. The highest BCUT2D eigenvalue weighted by Gasteiger charge is 2.05. The van der Waals surface area contributed by atoms with Gasteiger partial charge in [0.1, 0.15) is 10.5 Å². The second-order valence-electron chi connectivity index (χ2n) is 2.52. The van der Waals surface area contributed by atoms with Crippen molar-refractivity contribution in [3.63, 3.8) is 0 Å². The van der Waals surface area contributed by atoms with Gasteiger partial charge in [-0.25, -0.2) is 0 Å². The van der Waals surface area contributed by atoms with Crippen molar-refractivity contribution in [3.05, 3.63) is 10.5 Å². The minimum Gasteiger partial charge on any atom is -0.360 e. The van der Waals surface area contributed by atoms with Gasteiger partial charge in [0.25, 0.3) is 0 Å². The van der Waals surface area contributed by atoms with Crippen molar-refractivity contribution in [1.82, 2.24) is 20.4 Å². The van der Waals surface area contributed by atoms with Crippen molar-refractivity contribution in [2.45, 2.75) is 17.0 Å². The number of anilines is 1. The summed E-state index contributed by atoms with van der Waals surface area (Å²) in [4.78, 5) is 0. The summed E-state index contributed by atoms with van der Waals surface area (Å²) in [5.74, 6) is 0.804. The quantitative estimate of drug-likeness (QED) is 0.830. The largest absolute Gasteiger partial charge is 0.360 e. The van der Waals surface area contributed by atoms with Crippen LogP contribution in [-0.2, 0) is 5.75 Å². The zero-order chi connectivity index (χ0) is 10.5. The Morgan fingerprint density at radius 1 is 1.40 bits per heavy atom. The lowest BCUT2D eigenvalue weighted by molar-refractivity contribution is 1.00. The molecule has 0 aliphatic rings. The van der Waals surface area contributed by atoms with Crippen LogP contribution in [0.25, 0.3) is 0 Å². The van der Waals surface area contributed by atoms with Gasteiger partial charge in [0.15, 0.2) is 4.34 Å². The van der Waals surface area contributed by atoms with E-state index in [1.807, 2.05) is 6.92 Å². The highest BCUT2D eigenvalue weighted by Crippen LogP contribution is 2.26. The van der Waals surface area contributed by atoms with Crippen LogP contribution in [0.2, 0.25) is 0 Å². The highest BCUT2D eigenvalue weighted by molar-refractivity contribution is 8.00. The highest BCUT2D eigenvalue weighted by atomic mass is 32.2. The van der Waals surface area contributed by atoms with Gasteiger partial charge in [-0.2, -0.15) is 0 Å². The van der Waals surface area contributed by atoms with E-state index in [2.05, 4.69) is 25.7 Å². The van der Waals surface area contributed by atoms with Gasteiger partial charge in [-0.3, -0.25) is 0 Å². The van der Waals surface area contributed by atoms with E-state index in [4.69, 9.17) is 0 Å². The summed E-state index contributed by atoms with van der Waals surface area (Å²) in [5.41, 5.74) is 1.73. The molecule has 8 heteroatoms. The third-order valence-corrected chi connectivity index (χ3v) is 4.39. The molecule has 80 valence electrons. The summed E-state index contributed by atoms with van der Waals surface area (Å²) >= 11 is 4.76. The van der Waals surface area contributed by atoms with Gasteiger partial charge in [0.05, 0.1) is 5.75 Å². The third kappa shape index (κ3) is 3.11. The molecule has 0 unspecified atom stereocenters. The Bertz CT molecular complexity index is 398. The van der Waals surface area contributed by atoms with Gasteiger partial charge in [-0.05, 0) is 6.92 Å². The summed E-state index contributed by atoms with van der Waals surface area (Å²) in [6.07, 6.45) is 0. The number of hydrogen-bond donors (Lipinski definition) is 1. The molecular weight excluding hydrogens is 250 g/mol. The van der Waals surface area contributed by atoms with E-state index in [-0.39, 0.29) is 0 Å². The van der Waals surface area contributed by atoms with Crippen LogP contribution in [-0.4, -0.2) is 26.9 Å². The topological polar surface area (TPSA) is 63.6 Å². The first-order valence-corrected chi connectivity index (χ1v) is 7.02. The van der Waals surface area contributed by atoms with Crippen LogP contribution < -0.4 is 5.32 Å². The molecule has 2 heterocycles. The van der Waals surface area contributed by atoms with Gasteiger partial charge in [-0.1, -0.05) is 34.4 Å². The molecule has 1 N–H and O–H groups in total. The van der Waals surface area contributed by atoms with Gasteiger partial charge in [-0.15, -0.1) is 20.4 Å². The van der Waals surface area contributed by atoms with Crippen molar-refractivity contribution in [2.75, 3.05) is 11.9 Å². The average molecular weight is 259 g/mol. The standard InChI is InChI=1S/C7H9N5S3/c1-2-8-6-11-10-5(15-6)3-13-7-12-9-4-14-7/h4H,2-3H2,1H3,(H,8,11). The fourth-order valence-electron chi connectivity index (χ4n) is 0.884. The predicted molar refractivity (Wildman–Crippen MR) is 63.5 cm³/mol. The van der Waals surface area contributed by atoms with Crippen molar-refractivity contribution < 1.29 is 0 Å². The maximum absolute atomic E-state index is 4.08. The lowest BCUT2D eigenvalue weighted by Crippen LogP contribution is -1.94. The number of nitrogens with one attached hydrogen (secondary N) is 1. The molecule has 0 bridgehead atoms. The number of rotatable bonds is 5. The first-order chi connectivity index (χ1) is 7.38. The first kappa shape index (κ1) is 10.8. The smallest absolute Gasteiger partial charge is 0.205 e. The molecule has 2 aromatic heterocycles. The molecule has 0 saturated carbocycles. The molecule has 0 spiro atoms. The zero-order valence-electron chi connectivity index (χ0n) is 8.01. The summed E-state index contributed by atoms with van der Waals surface area (Å²) < 4.78 is 0.968. The number of aromatic nitrogens is 4. The minimum atomic E-state index is 0.804. The van der Waals surface area contributed by atoms with E-state index in [9.17, 15) is 0 Å². The Labute approximate surface area is 99.4 Å². The van der Waals surface area contributed by atoms with E-state index >= 15 is 0 Å². The van der Waals surface area contributed by atoms with E-state index in [1.54, 1.807) is 39.9 Å². The average Bonchev–Trinajstić information content (AvgIpc) is 2.85. The van der Waals surface area contributed by atoms with Crippen LogP contribution in [0.1, 0.15) is 11.9 Å². The fourth-order valence-corrected chi connectivity index (χ4v) is 3.17. The lowest BCUT2D eigenvalue weighted by Gasteiger charge is -1.92.